The van der Waals surface area contributed by atoms with E-state index < -0.39 is 24.2 Å². The molecule has 3 aromatic heterocycles. The maximum Gasteiger partial charge on any atom is 0.247 e. The molecule has 2 amide bonds. The molecule has 3 aliphatic rings. The van der Waals surface area contributed by atoms with Gasteiger partial charge in [-0.3, -0.25) is 9.69 Å². The number of halogens is 1. The van der Waals surface area contributed by atoms with Crippen LogP contribution in [0.4, 0.5) is 27.7 Å². The van der Waals surface area contributed by atoms with Gasteiger partial charge in [-0.05, 0) is 57.7 Å². The Labute approximate surface area is 301 Å². The number of hydrogen-bond acceptors (Lipinski definition) is 11. The molecule has 0 aliphatic carbocycles. The van der Waals surface area contributed by atoms with E-state index in [1.807, 2.05) is 40.8 Å². The molecule has 1 fully saturated rings. The minimum atomic E-state index is -2.26. The van der Waals surface area contributed by atoms with E-state index >= 15 is 4.39 Å². The molecule has 1 aromatic carbocycles. The van der Waals surface area contributed by atoms with E-state index in [-0.39, 0.29) is 36.7 Å². The fourth-order valence-corrected chi connectivity index (χ4v) is 8.77. The number of carbonyl (C=O) groups excluding carboxylic acids is 2. The molecular weight excluding hydrogens is 760 g/mol. The van der Waals surface area contributed by atoms with Crippen LogP contribution in [0.3, 0.4) is 0 Å². The predicted molar refractivity (Wildman–Crippen MR) is 197 cm³/mol. The third kappa shape index (κ3) is 7.68. The zero-order valence-corrected chi connectivity index (χ0v) is 33.3. The van der Waals surface area contributed by atoms with Crippen LogP contribution in [0, 0.1) is 12.7 Å². The molecule has 16 heteroatoms. The topological polar surface area (TPSA) is 156 Å². The van der Waals surface area contributed by atoms with Gasteiger partial charge >= 0.3 is 112 Å². The van der Waals surface area contributed by atoms with E-state index in [2.05, 4.69) is 50.5 Å². The van der Waals surface area contributed by atoms with E-state index in [1.54, 1.807) is 33.1 Å². The Morgan fingerprint density at radius 2 is 1.49 bits per heavy atom. The molecule has 1 atom stereocenters. The Morgan fingerprint density at radius 3 is 2.08 bits per heavy atom. The molecule has 2 N–H and O–H groups in total. The zero-order chi connectivity index (χ0) is 36.6. The summed E-state index contributed by atoms with van der Waals surface area (Å²) in [6.45, 7) is 10.9. The van der Waals surface area contributed by atoms with Gasteiger partial charge in [-0.1, -0.05) is 0 Å². The summed E-state index contributed by atoms with van der Waals surface area (Å²) in [7, 11) is 0. The van der Waals surface area contributed by atoms with Crippen LogP contribution in [0.25, 0.3) is 22.6 Å². The summed E-state index contributed by atoms with van der Waals surface area (Å²) in [5.74, 6) is 2.27. The number of aryl methyl sites for hydroxylation is 1. The average molecular weight is 807 g/mol. The Kier molecular flexibility index (Phi) is 10.6. The molecular formula is C35H46FN11O3Sn. The van der Waals surface area contributed by atoms with Crippen molar-refractivity contribution in [3.63, 3.8) is 0 Å². The Morgan fingerprint density at radius 1 is 0.863 bits per heavy atom. The third-order valence-corrected chi connectivity index (χ3v) is 14.0. The first-order valence-corrected chi connectivity index (χ1v) is 27.4. The maximum atomic E-state index is 15.2. The molecule has 0 saturated carbocycles. The van der Waals surface area contributed by atoms with Crippen molar-refractivity contribution in [1.29, 1.82) is 0 Å². The first-order valence-electron chi connectivity index (χ1n) is 17.4. The van der Waals surface area contributed by atoms with E-state index in [0.29, 0.717) is 53.3 Å². The van der Waals surface area contributed by atoms with Crippen molar-refractivity contribution in [3.05, 3.63) is 42.2 Å². The molecule has 4 aromatic rings. The maximum absolute atomic E-state index is 15.2. The van der Waals surface area contributed by atoms with Crippen molar-refractivity contribution in [3.8, 4) is 22.6 Å². The number of rotatable bonds is 6. The molecule has 270 valence electrons. The Bertz CT molecular complexity index is 1940. The third-order valence-electron chi connectivity index (χ3n) is 8.91. The first kappa shape index (κ1) is 36.5. The van der Waals surface area contributed by atoms with Gasteiger partial charge in [-0.15, -0.1) is 5.10 Å². The summed E-state index contributed by atoms with van der Waals surface area (Å²) < 4.78 is 23.7. The van der Waals surface area contributed by atoms with Gasteiger partial charge in [0.25, 0.3) is 0 Å². The average Bonchev–Trinajstić information content (AvgIpc) is 3.58. The summed E-state index contributed by atoms with van der Waals surface area (Å²) in [6, 6.07) is 3.18. The van der Waals surface area contributed by atoms with Gasteiger partial charge in [0, 0.05) is 18.2 Å². The number of hydrogen-bond donors (Lipinski definition) is 2. The van der Waals surface area contributed by atoms with Crippen LogP contribution in [0.15, 0.2) is 30.9 Å². The number of ether oxygens (including phenoxy) is 1. The van der Waals surface area contributed by atoms with Gasteiger partial charge in [0.2, 0.25) is 5.91 Å². The SMILES string of the molecule is CC(C)N1C(=O)CNc2nc[c]([Sn]([CH3])([CH3])[CH3])nc21.Cc1cc(-c2ncn(C3CCCCO3)n2)c(F)cc1-c1cnc2c(n1)N(C(C)C)C(=O)CN2. The van der Waals surface area contributed by atoms with Gasteiger partial charge in [0.15, 0.2) is 23.7 Å². The van der Waals surface area contributed by atoms with Crippen LogP contribution in [-0.2, 0) is 14.3 Å². The number of benzene rings is 1. The van der Waals surface area contributed by atoms with Crippen LogP contribution in [-0.4, -0.2) is 96.7 Å². The number of nitrogens with one attached hydrogen (secondary N) is 2. The number of carbonyl (C=O) groups is 2. The Balaban J connectivity index is 0.000000211. The largest absolute Gasteiger partial charge is 0.358 e. The van der Waals surface area contributed by atoms with Crippen molar-refractivity contribution >= 4 is 57.2 Å². The number of amides is 2. The van der Waals surface area contributed by atoms with Gasteiger partial charge < -0.3 is 10.1 Å². The Hall–Kier alpha value is -4.25. The van der Waals surface area contributed by atoms with Crippen LogP contribution in [0.1, 0.15) is 58.7 Å². The number of nitrogens with zero attached hydrogens (tertiary/aromatic N) is 9. The van der Waals surface area contributed by atoms with Crippen LogP contribution in [0.2, 0.25) is 14.8 Å². The van der Waals surface area contributed by atoms with Gasteiger partial charge in [-0.2, -0.15) is 0 Å². The number of fused-ring (bicyclic) bond motifs is 2. The zero-order valence-electron chi connectivity index (χ0n) is 30.5. The van der Waals surface area contributed by atoms with Crippen LogP contribution < -0.4 is 24.1 Å². The van der Waals surface area contributed by atoms with Crippen LogP contribution in [0.5, 0.6) is 0 Å². The van der Waals surface area contributed by atoms with Crippen molar-refractivity contribution < 1.29 is 18.7 Å². The first-order chi connectivity index (χ1) is 24.2. The van der Waals surface area contributed by atoms with Crippen molar-refractivity contribution in [1.82, 2.24) is 34.7 Å². The minimum Gasteiger partial charge on any atom is -0.358 e. The molecule has 3 aliphatic heterocycles. The van der Waals surface area contributed by atoms with E-state index in [0.717, 1.165) is 34.4 Å². The summed E-state index contributed by atoms with van der Waals surface area (Å²) in [6.07, 6.45) is 7.87. The molecule has 1 unspecified atom stereocenters. The smallest absolute Gasteiger partial charge is 0.247 e. The molecule has 7 rings (SSSR count). The molecule has 14 nitrogen and oxygen atoms in total. The summed E-state index contributed by atoms with van der Waals surface area (Å²) >= 11 is -2.26. The fourth-order valence-electron chi connectivity index (χ4n) is 6.22. The molecule has 0 bridgehead atoms. The molecule has 0 spiro atoms. The fraction of sp³-hybridized carbons (Fsp3) is 0.486. The van der Waals surface area contributed by atoms with Crippen LogP contribution >= 0.6 is 0 Å². The summed E-state index contributed by atoms with van der Waals surface area (Å²) in [5.41, 5.74) is 2.21. The normalized spacial score (nSPS) is 17.4. The quantitative estimate of drug-likeness (QED) is 0.256. The van der Waals surface area contributed by atoms with E-state index in [4.69, 9.17) is 9.72 Å². The van der Waals surface area contributed by atoms with Crippen molar-refractivity contribution in [2.24, 2.45) is 0 Å². The number of anilines is 4. The monoisotopic (exact) mass is 807 g/mol. The second-order valence-electron chi connectivity index (χ2n) is 14.5. The molecule has 51 heavy (non-hydrogen) atoms. The summed E-state index contributed by atoms with van der Waals surface area (Å²) in [4.78, 5) is 57.2. The summed E-state index contributed by atoms with van der Waals surface area (Å²) in [5, 5.41) is 10.5. The standard InChI is InChI=1S/C23H26FN7O2.C9H11N4O.3CH3.Sn/c1-13(2)31-19(32)11-26-22-23(31)28-18(10-25-22)15-9-17(24)16(8-14(15)3)21-27-12-30(29-21)20-6-4-5-7-33-20;1-6(2)13-7(14)5-12-8-9(13)11-4-3-10-8;;;;/h8-10,12-13,20H,4-7,11H2,1-3H3,(H,25,26);3,6H,5H2,1-2H3,(H,10,12);3*1H3;. The van der Waals surface area contributed by atoms with E-state index in [1.165, 1.54) is 6.07 Å². The second kappa shape index (κ2) is 14.8. The van der Waals surface area contributed by atoms with E-state index in [9.17, 15) is 9.59 Å². The van der Waals surface area contributed by atoms with Gasteiger partial charge in [0.05, 0.1) is 24.0 Å². The number of aromatic nitrogens is 7. The second-order valence-corrected chi connectivity index (χ2v) is 28.8. The van der Waals surface area contributed by atoms with Gasteiger partial charge in [0.1, 0.15) is 12.1 Å². The molecule has 1 saturated heterocycles. The molecule has 6 heterocycles. The van der Waals surface area contributed by atoms with Crippen molar-refractivity contribution in [2.45, 2.75) is 87.0 Å². The molecule has 0 radical (unpaired) electrons. The van der Waals surface area contributed by atoms with Gasteiger partial charge in [-0.25, -0.2) is 24.0 Å². The predicted octanol–water partition coefficient (Wildman–Crippen LogP) is 4.90. The minimum absolute atomic E-state index is 0.0630. The van der Waals surface area contributed by atoms with Crippen molar-refractivity contribution in [2.75, 3.05) is 40.1 Å².